The summed E-state index contributed by atoms with van der Waals surface area (Å²) in [6, 6.07) is 11.4. The molecule has 1 heterocycles. The van der Waals surface area contributed by atoms with E-state index in [1.807, 2.05) is 42.1 Å². The molecule has 0 aliphatic carbocycles. The molecule has 0 spiro atoms. The molecule has 104 valence electrons. The summed E-state index contributed by atoms with van der Waals surface area (Å²) in [4.78, 5) is 12.5. The van der Waals surface area contributed by atoms with Crippen molar-refractivity contribution >= 4 is 28.5 Å². The van der Waals surface area contributed by atoms with Crippen LogP contribution in [0.4, 0.5) is 0 Å². The van der Waals surface area contributed by atoms with Gasteiger partial charge in [0.1, 0.15) is 0 Å². The summed E-state index contributed by atoms with van der Waals surface area (Å²) in [7, 11) is 0. The van der Waals surface area contributed by atoms with Crippen LogP contribution in [0.25, 0.3) is 10.8 Å². The summed E-state index contributed by atoms with van der Waals surface area (Å²) in [5.74, 6) is -0.871. The van der Waals surface area contributed by atoms with Crippen molar-refractivity contribution in [2.75, 3.05) is 13.2 Å². The first-order valence-electron chi connectivity index (χ1n) is 6.75. The van der Waals surface area contributed by atoms with Crippen molar-refractivity contribution in [1.82, 2.24) is 0 Å². The Morgan fingerprint density at radius 1 is 1.10 bits per heavy atom. The zero-order chi connectivity index (χ0) is 13.9. The zero-order valence-corrected chi connectivity index (χ0v) is 11.9. The second-order valence-electron chi connectivity index (χ2n) is 4.89. The molecule has 1 saturated heterocycles. The summed E-state index contributed by atoms with van der Waals surface area (Å²) in [6.45, 7) is 1.64. The third-order valence-corrected chi connectivity index (χ3v) is 4.99. The lowest BCUT2D eigenvalue weighted by Crippen LogP contribution is -2.17. The molecule has 20 heavy (non-hydrogen) atoms. The molecule has 1 N–H and O–H groups in total. The minimum Gasteiger partial charge on any atom is -0.478 e. The number of fused-ring (bicyclic) bond motifs is 1. The van der Waals surface area contributed by atoms with Crippen LogP contribution in [0.3, 0.4) is 0 Å². The number of aromatic carboxylic acids is 1. The Kier molecular flexibility index (Phi) is 3.94. The van der Waals surface area contributed by atoms with Crippen LogP contribution >= 0.6 is 11.8 Å². The van der Waals surface area contributed by atoms with Gasteiger partial charge in [0.15, 0.2) is 0 Å². The van der Waals surface area contributed by atoms with Gasteiger partial charge in [0.05, 0.1) is 5.56 Å². The molecule has 3 nitrogen and oxygen atoms in total. The topological polar surface area (TPSA) is 46.5 Å². The fourth-order valence-electron chi connectivity index (χ4n) is 2.53. The van der Waals surface area contributed by atoms with Crippen LogP contribution in [-0.4, -0.2) is 29.5 Å². The molecular formula is C16H16O3S. The van der Waals surface area contributed by atoms with E-state index in [9.17, 15) is 9.90 Å². The van der Waals surface area contributed by atoms with Crippen LogP contribution in [0.5, 0.6) is 0 Å². The molecule has 0 saturated carbocycles. The number of ether oxygens (including phenoxy) is 1. The molecule has 0 unspecified atom stereocenters. The van der Waals surface area contributed by atoms with E-state index in [0.29, 0.717) is 10.8 Å². The van der Waals surface area contributed by atoms with Gasteiger partial charge in [0.25, 0.3) is 0 Å². The molecule has 1 aliphatic heterocycles. The lowest BCUT2D eigenvalue weighted by molar-refractivity contribution is 0.0699. The van der Waals surface area contributed by atoms with Crippen molar-refractivity contribution in [3.63, 3.8) is 0 Å². The van der Waals surface area contributed by atoms with E-state index in [4.69, 9.17) is 4.74 Å². The number of hydrogen-bond donors (Lipinski definition) is 1. The van der Waals surface area contributed by atoms with Gasteiger partial charge in [-0.05, 0) is 35.7 Å². The first-order valence-corrected chi connectivity index (χ1v) is 7.63. The molecule has 3 rings (SSSR count). The minimum absolute atomic E-state index is 0.372. The number of hydrogen-bond acceptors (Lipinski definition) is 3. The molecule has 1 fully saturated rings. The lowest BCUT2D eigenvalue weighted by atomic mass is 10.0. The second kappa shape index (κ2) is 5.85. The maximum atomic E-state index is 11.3. The number of carbonyl (C=O) groups is 1. The summed E-state index contributed by atoms with van der Waals surface area (Å²) < 4.78 is 5.38. The van der Waals surface area contributed by atoms with Crippen LogP contribution in [0, 0.1) is 0 Å². The summed E-state index contributed by atoms with van der Waals surface area (Å²) in [5, 5.41) is 11.7. The van der Waals surface area contributed by atoms with Gasteiger partial charge in [-0.15, -0.1) is 11.8 Å². The molecule has 0 atom stereocenters. The van der Waals surface area contributed by atoms with E-state index < -0.39 is 5.97 Å². The highest BCUT2D eigenvalue weighted by Crippen LogP contribution is 2.35. The first-order chi connectivity index (χ1) is 9.75. The van der Waals surface area contributed by atoms with Crippen molar-refractivity contribution in [2.24, 2.45) is 0 Å². The van der Waals surface area contributed by atoms with Crippen molar-refractivity contribution in [2.45, 2.75) is 23.0 Å². The Morgan fingerprint density at radius 2 is 1.80 bits per heavy atom. The van der Waals surface area contributed by atoms with E-state index in [0.717, 1.165) is 41.7 Å². The standard InChI is InChI=1S/C16H16O3S/c17-16(18)14-5-6-15(13-4-2-1-3-12(13)14)20-11-7-9-19-10-8-11/h1-6,11H,7-10H2,(H,17,18). The number of carboxylic acids is 1. The monoisotopic (exact) mass is 288 g/mol. The van der Waals surface area contributed by atoms with E-state index in [-0.39, 0.29) is 0 Å². The Hall–Kier alpha value is -1.52. The van der Waals surface area contributed by atoms with E-state index in [1.165, 1.54) is 0 Å². The molecule has 0 aromatic heterocycles. The molecule has 0 amide bonds. The highest BCUT2D eigenvalue weighted by molar-refractivity contribution is 8.00. The molecule has 2 aromatic rings. The number of carboxylic acid groups (broad SMARTS) is 1. The molecule has 0 bridgehead atoms. The minimum atomic E-state index is -0.871. The van der Waals surface area contributed by atoms with Gasteiger partial charge in [-0.2, -0.15) is 0 Å². The van der Waals surface area contributed by atoms with Crippen molar-refractivity contribution in [3.8, 4) is 0 Å². The van der Waals surface area contributed by atoms with E-state index >= 15 is 0 Å². The predicted molar refractivity (Wildman–Crippen MR) is 80.6 cm³/mol. The Balaban J connectivity index is 1.99. The van der Waals surface area contributed by atoms with Crippen LogP contribution < -0.4 is 0 Å². The molecular weight excluding hydrogens is 272 g/mol. The third kappa shape index (κ3) is 2.67. The average Bonchev–Trinajstić information content (AvgIpc) is 2.48. The third-order valence-electron chi connectivity index (χ3n) is 3.58. The largest absolute Gasteiger partial charge is 0.478 e. The lowest BCUT2D eigenvalue weighted by Gasteiger charge is -2.22. The quantitative estimate of drug-likeness (QED) is 0.933. The number of thioether (sulfide) groups is 1. The number of rotatable bonds is 3. The van der Waals surface area contributed by atoms with Crippen LogP contribution in [0.2, 0.25) is 0 Å². The highest BCUT2D eigenvalue weighted by Gasteiger charge is 2.17. The SMILES string of the molecule is O=C(O)c1ccc(SC2CCOCC2)c2ccccc12. The fourth-order valence-corrected chi connectivity index (χ4v) is 3.77. The summed E-state index contributed by atoms with van der Waals surface area (Å²) in [5.41, 5.74) is 0.372. The van der Waals surface area contributed by atoms with Gasteiger partial charge in [-0.3, -0.25) is 0 Å². The zero-order valence-electron chi connectivity index (χ0n) is 11.0. The first kappa shape index (κ1) is 13.5. The average molecular weight is 288 g/mol. The van der Waals surface area contributed by atoms with Crippen LogP contribution in [-0.2, 0) is 4.74 Å². The summed E-state index contributed by atoms with van der Waals surface area (Å²) >= 11 is 1.84. The fraction of sp³-hybridized carbons (Fsp3) is 0.312. The second-order valence-corrected chi connectivity index (χ2v) is 6.23. The smallest absolute Gasteiger partial charge is 0.336 e. The van der Waals surface area contributed by atoms with Gasteiger partial charge in [-0.1, -0.05) is 24.3 Å². The van der Waals surface area contributed by atoms with Crippen molar-refractivity contribution < 1.29 is 14.6 Å². The Morgan fingerprint density at radius 3 is 2.50 bits per heavy atom. The van der Waals surface area contributed by atoms with Gasteiger partial charge in [0.2, 0.25) is 0 Å². The highest BCUT2D eigenvalue weighted by atomic mass is 32.2. The Bertz CT molecular complexity index is 633. The maximum absolute atomic E-state index is 11.3. The van der Waals surface area contributed by atoms with E-state index in [1.54, 1.807) is 6.07 Å². The predicted octanol–water partition coefficient (Wildman–Crippen LogP) is 3.81. The normalized spacial score (nSPS) is 16.4. The van der Waals surface area contributed by atoms with Crippen LogP contribution in [0.1, 0.15) is 23.2 Å². The van der Waals surface area contributed by atoms with Crippen molar-refractivity contribution in [3.05, 3.63) is 42.0 Å². The van der Waals surface area contributed by atoms with Gasteiger partial charge in [-0.25, -0.2) is 4.79 Å². The van der Waals surface area contributed by atoms with Crippen molar-refractivity contribution in [1.29, 1.82) is 0 Å². The summed E-state index contributed by atoms with van der Waals surface area (Å²) in [6.07, 6.45) is 2.11. The molecule has 4 heteroatoms. The molecule has 2 aromatic carbocycles. The van der Waals surface area contributed by atoms with E-state index in [2.05, 4.69) is 0 Å². The molecule has 0 radical (unpaired) electrons. The van der Waals surface area contributed by atoms with Gasteiger partial charge >= 0.3 is 5.97 Å². The Labute approximate surface area is 121 Å². The number of benzene rings is 2. The van der Waals surface area contributed by atoms with Gasteiger partial charge < -0.3 is 9.84 Å². The molecule has 1 aliphatic rings. The van der Waals surface area contributed by atoms with Gasteiger partial charge in [0, 0.05) is 23.4 Å². The van der Waals surface area contributed by atoms with Crippen LogP contribution in [0.15, 0.2) is 41.3 Å². The maximum Gasteiger partial charge on any atom is 0.336 e.